The summed E-state index contributed by atoms with van der Waals surface area (Å²) in [7, 11) is 1.50. The third-order valence-electron chi connectivity index (χ3n) is 2.01. The van der Waals surface area contributed by atoms with E-state index in [9.17, 15) is 18.0 Å². The molecule has 0 saturated heterocycles. The molecule has 0 radical (unpaired) electrons. The third kappa shape index (κ3) is 2.01. The lowest BCUT2D eigenvalue weighted by Crippen LogP contribution is -2.57. The van der Waals surface area contributed by atoms with E-state index in [2.05, 4.69) is 5.10 Å². The van der Waals surface area contributed by atoms with Gasteiger partial charge in [0.05, 0.1) is 0 Å². The standard InChI is InChI=1S/C8H10F3N3O/c1-7(12,8(9,10)11)6(15)5-3-4-14(2)13-5/h3-4H,12H2,1-2H3. The van der Waals surface area contributed by atoms with Gasteiger partial charge in [-0.25, -0.2) is 0 Å². The number of aromatic nitrogens is 2. The fraction of sp³-hybridized carbons (Fsp3) is 0.500. The number of Topliss-reactive ketones (excluding diaryl/α,β-unsaturated/α-hetero) is 1. The van der Waals surface area contributed by atoms with E-state index in [0.29, 0.717) is 6.92 Å². The first-order chi connectivity index (χ1) is 6.66. The summed E-state index contributed by atoms with van der Waals surface area (Å²) >= 11 is 0. The summed E-state index contributed by atoms with van der Waals surface area (Å²) in [5.74, 6) is -1.24. The monoisotopic (exact) mass is 221 g/mol. The second kappa shape index (κ2) is 3.34. The average molecular weight is 221 g/mol. The molecule has 0 aliphatic carbocycles. The van der Waals surface area contributed by atoms with Crippen molar-refractivity contribution in [2.45, 2.75) is 18.6 Å². The minimum Gasteiger partial charge on any atom is -0.311 e. The third-order valence-corrected chi connectivity index (χ3v) is 2.01. The molecule has 2 N–H and O–H groups in total. The molecule has 7 heteroatoms. The van der Waals surface area contributed by atoms with Crippen LogP contribution in [0, 0.1) is 0 Å². The van der Waals surface area contributed by atoms with Gasteiger partial charge < -0.3 is 5.73 Å². The predicted octanol–water partition coefficient (Wildman–Crippen LogP) is 0.883. The molecule has 0 aliphatic heterocycles. The van der Waals surface area contributed by atoms with Crippen LogP contribution in [0.2, 0.25) is 0 Å². The zero-order chi connectivity index (χ0) is 11.9. The highest BCUT2D eigenvalue weighted by molar-refractivity contribution is 6.01. The van der Waals surface area contributed by atoms with Crippen LogP contribution in [0.15, 0.2) is 12.3 Å². The number of carbonyl (C=O) groups is 1. The number of alkyl halides is 3. The van der Waals surface area contributed by atoms with E-state index in [-0.39, 0.29) is 5.69 Å². The molecule has 0 spiro atoms. The van der Waals surface area contributed by atoms with Crippen LogP contribution in [0.25, 0.3) is 0 Å². The molecule has 0 aromatic carbocycles. The summed E-state index contributed by atoms with van der Waals surface area (Å²) in [6.07, 6.45) is -3.42. The molecule has 0 amide bonds. The van der Waals surface area contributed by atoms with Crippen molar-refractivity contribution in [3.63, 3.8) is 0 Å². The van der Waals surface area contributed by atoms with Crippen molar-refractivity contribution in [3.8, 4) is 0 Å². The lowest BCUT2D eigenvalue weighted by molar-refractivity contribution is -0.166. The van der Waals surface area contributed by atoms with E-state index >= 15 is 0 Å². The molecule has 1 heterocycles. The molecule has 1 aromatic heterocycles. The maximum Gasteiger partial charge on any atom is 0.413 e. The van der Waals surface area contributed by atoms with Crippen molar-refractivity contribution in [1.82, 2.24) is 9.78 Å². The summed E-state index contributed by atoms with van der Waals surface area (Å²) < 4.78 is 38.4. The van der Waals surface area contributed by atoms with E-state index in [1.54, 1.807) is 0 Å². The van der Waals surface area contributed by atoms with E-state index < -0.39 is 17.5 Å². The van der Waals surface area contributed by atoms with Crippen LogP contribution >= 0.6 is 0 Å². The van der Waals surface area contributed by atoms with Gasteiger partial charge in [0.15, 0.2) is 5.54 Å². The first-order valence-corrected chi connectivity index (χ1v) is 4.06. The molecule has 1 aromatic rings. The van der Waals surface area contributed by atoms with Gasteiger partial charge in [0, 0.05) is 13.2 Å². The molecule has 4 nitrogen and oxygen atoms in total. The van der Waals surface area contributed by atoms with Crippen LogP contribution in [0.4, 0.5) is 13.2 Å². The van der Waals surface area contributed by atoms with Crippen molar-refractivity contribution in [1.29, 1.82) is 0 Å². The smallest absolute Gasteiger partial charge is 0.311 e. The van der Waals surface area contributed by atoms with E-state index in [1.165, 1.54) is 24.0 Å². The predicted molar refractivity (Wildman–Crippen MR) is 46.2 cm³/mol. The van der Waals surface area contributed by atoms with Gasteiger partial charge >= 0.3 is 6.18 Å². The Balaban J connectivity index is 3.05. The summed E-state index contributed by atoms with van der Waals surface area (Å²) in [5, 5.41) is 3.58. The van der Waals surface area contributed by atoms with Crippen molar-refractivity contribution in [3.05, 3.63) is 18.0 Å². The number of nitrogens with two attached hydrogens (primary N) is 1. The fourth-order valence-electron chi connectivity index (χ4n) is 0.931. The van der Waals surface area contributed by atoms with Gasteiger partial charge in [0.2, 0.25) is 5.78 Å². The number of carbonyl (C=O) groups excluding carboxylic acids is 1. The molecule has 0 bridgehead atoms. The number of nitrogens with zero attached hydrogens (tertiary/aromatic N) is 2. The highest BCUT2D eigenvalue weighted by Crippen LogP contribution is 2.30. The van der Waals surface area contributed by atoms with Crippen LogP contribution in [0.5, 0.6) is 0 Å². The minimum absolute atomic E-state index is 0.292. The Morgan fingerprint density at radius 2 is 2.07 bits per heavy atom. The zero-order valence-corrected chi connectivity index (χ0v) is 8.17. The largest absolute Gasteiger partial charge is 0.413 e. The second-order valence-electron chi connectivity index (χ2n) is 3.40. The maximum absolute atomic E-state index is 12.4. The lowest BCUT2D eigenvalue weighted by atomic mass is 9.95. The van der Waals surface area contributed by atoms with Gasteiger partial charge in [-0.05, 0) is 13.0 Å². The van der Waals surface area contributed by atoms with Crippen LogP contribution < -0.4 is 5.73 Å². The number of hydrogen-bond acceptors (Lipinski definition) is 3. The number of aryl methyl sites for hydroxylation is 1. The Bertz CT molecular complexity index is 381. The Labute approximate surface area is 83.9 Å². The van der Waals surface area contributed by atoms with E-state index in [4.69, 9.17) is 5.73 Å². The van der Waals surface area contributed by atoms with Crippen molar-refractivity contribution in [2.24, 2.45) is 12.8 Å². The molecular weight excluding hydrogens is 211 g/mol. The fourth-order valence-corrected chi connectivity index (χ4v) is 0.931. The van der Waals surface area contributed by atoms with Gasteiger partial charge in [0.1, 0.15) is 5.69 Å². The van der Waals surface area contributed by atoms with Crippen molar-refractivity contribution in [2.75, 3.05) is 0 Å². The first-order valence-electron chi connectivity index (χ1n) is 4.06. The summed E-state index contributed by atoms with van der Waals surface area (Å²) in [4.78, 5) is 11.4. The topological polar surface area (TPSA) is 60.9 Å². The quantitative estimate of drug-likeness (QED) is 0.754. The van der Waals surface area contributed by atoms with E-state index in [0.717, 1.165) is 0 Å². The van der Waals surface area contributed by atoms with Gasteiger partial charge in [-0.15, -0.1) is 0 Å². The number of hydrogen-bond donors (Lipinski definition) is 1. The first kappa shape index (κ1) is 11.7. The second-order valence-corrected chi connectivity index (χ2v) is 3.40. The van der Waals surface area contributed by atoms with Gasteiger partial charge in [-0.2, -0.15) is 18.3 Å². The summed E-state index contributed by atoms with van der Waals surface area (Å²) in [5.41, 5.74) is 1.76. The van der Waals surface area contributed by atoms with Gasteiger partial charge in [0.25, 0.3) is 0 Å². The Morgan fingerprint density at radius 1 is 1.53 bits per heavy atom. The molecule has 1 rings (SSSR count). The Morgan fingerprint density at radius 3 is 2.40 bits per heavy atom. The van der Waals surface area contributed by atoms with Crippen molar-refractivity contribution < 1.29 is 18.0 Å². The van der Waals surface area contributed by atoms with Crippen LogP contribution in [-0.4, -0.2) is 27.3 Å². The molecule has 1 unspecified atom stereocenters. The summed E-state index contributed by atoms with van der Waals surface area (Å²) in [6.45, 7) is 0.629. The van der Waals surface area contributed by atoms with E-state index in [1.807, 2.05) is 0 Å². The van der Waals surface area contributed by atoms with Crippen molar-refractivity contribution >= 4 is 5.78 Å². The average Bonchev–Trinajstić information content (AvgIpc) is 2.48. The van der Waals surface area contributed by atoms with Gasteiger partial charge in [-0.3, -0.25) is 9.48 Å². The Hall–Kier alpha value is -1.37. The maximum atomic E-state index is 12.4. The summed E-state index contributed by atoms with van der Waals surface area (Å²) in [6, 6.07) is 1.19. The molecule has 1 atom stereocenters. The highest BCUT2D eigenvalue weighted by atomic mass is 19.4. The number of halogens is 3. The normalized spacial score (nSPS) is 16.1. The molecule has 0 saturated carbocycles. The van der Waals surface area contributed by atoms with Crippen LogP contribution in [-0.2, 0) is 7.05 Å². The molecular formula is C8H10F3N3O. The van der Waals surface area contributed by atoms with Crippen LogP contribution in [0.1, 0.15) is 17.4 Å². The zero-order valence-electron chi connectivity index (χ0n) is 8.17. The lowest BCUT2D eigenvalue weighted by Gasteiger charge is -2.24. The molecule has 84 valence electrons. The molecule has 15 heavy (non-hydrogen) atoms. The minimum atomic E-state index is -4.79. The number of ketones is 1. The molecule has 0 aliphatic rings. The molecule has 0 fully saturated rings. The number of rotatable bonds is 2. The SMILES string of the molecule is Cn1ccc(C(=O)C(C)(N)C(F)(F)F)n1. The Kier molecular flexibility index (Phi) is 2.60. The highest BCUT2D eigenvalue weighted by Gasteiger charge is 2.54. The van der Waals surface area contributed by atoms with Crippen LogP contribution in [0.3, 0.4) is 0 Å². The van der Waals surface area contributed by atoms with Gasteiger partial charge in [-0.1, -0.05) is 0 Å².